The van der Waals surface area contributed by atoms with E-state index in [1.807, 2.05) is 44.8 Å². The molecule has 5 nitrogen and oxygen atoms in total. The topological polar surface area (TPSA) is 53.0 Å². The monoisotopic (exact) mass is 441 g/mol. The van der Waals surface area contributed by atoms with Crippen molar-refractivity contribution >= 4 is 40.1 Å². The molecular weight excluding hydrogens is 414 g/mol. The summed E-state index contributed by atoms with van der Waals surface area (Å²) in [7, 11) is 0. The summed E-state index contributed by atoms with van der Waals surface area (Å²) in [4.78, 5) is 34.6. The lowest BCUT2D eigenvalue weighted by Gasteiger charge is -2.37. The number of thioether (sulfide) groups is 1. The van der Waals surface area contributed by atoms with Gasteiger partial charge in [0.25, 0.3) is 5.91 Å². The van der Waals surface area contributed by atoms with Crippen molar-refractivity contribution in [2.24, 2.45) is 10.9 Å². The van der Waals surface area contributed by atoms with Crippen LogP contribution in [0.15, 0.2) is 52.2 Å². The van der Waals surface area contributed by atoms with Crippen LogP contribution in [0.4, 0.5) is 0 Å². The van der Waals surface area contributed by atoms with Crippen LogP contribution in [0.3, 0.4) is 0 Å². The average Bonchev–Trinajstić information content (AvgIpc) is 3.40. The minimum Gasteiger partial charge on any atom is -0.339 e. The van der Waals surface area contributed by atoms with Crippen LogP contribution in [-0.4, -0.2) is 51.2 Å². The van der Waals surface area contributed by atoms with Crippen molar-refractivity contribution in [1.29, 1.82) is 0 Å². The fourth-order valence-corrected chi connectivity index (χ4v) is 5.82. The highest BCUT2D eigenvalue weighted by atomic mass is 32.2. The van der Waals surface area contributed by atoms with Gasteiger partial charge in [0.1, 0.15) is 0 Å². The van der Waals surface area contributed by atoms with Crippen LogP contribution in [-0.2, 0) is 11.3 Å². The smallest absolute Gasteiger partial charge is 0.254 e. The Balaban J connectivity index is 1.42. The van der Waals surface area contributed by atoms with E-state index < -0.39 is 0 Å². The number of carbonyl (C=O) groups excluding carboxylic acids is 2. The van der Waals surface area contributed by atoms with Crippen LogP contribution >= 0.6 is 23.1 Å². The minimum absolute atomic E-state index is 0.0589. The van der Waals surface area contributed by atoms with Crippen LogP contribution in [0.25, 0.3) is 0 Å². The maximum Gasteiger partial charge on any atom is 0.254 e. The van der Waals surface area contributed by atoms with Gasteiger partial charge in [0, 0.05) is 30.1 Å². The summed E-state index contributed by atoms with van der Waals surface area (Å²) >= 11 is 3.20. The molecule has 3 heterocycles. The number of aliphatic imine (C=N–C) groups is 1. The second-order valence-corrected chi connectivity index (χ2v) is 10.2. The van der Waals surface area contributed by atoms with E-state index >= 15 is 0 Å². The predicted octanol–water partition coefficient (Wildman–Crippen LogP) is 4.51. The molecule has 0 atom stereocenters. The number of likely N-dealkylation sites (tertiary alicyclic amines) is 1. The number of nitrogens with zero attached hydrogens (tertiary/aromatic N) is 3. The van der Waals surface area contributed by atoms with Crippen LogP contribution in [0.5, 0.6) is 0 Å². The molecule has 2 amide bonds. The van der Waals surface area contributed by atoms with E-state index in [9.17, 15) is 9.59 Å². The van der Waals surface area contributed by atoms with E-state index in [1.165, 1.54) is 11.3 Å². The molecule has 0 unspecified atom stereocenters. The molecule has 0 bridgehead atoms. The van der Waals surface area contributed by atoms with Gasteiger partial charge in [-0.05, 0) is 43.7 Å². The van der Waals surface area contributed by atoms with Gasteiger partial charge in [-0.1, -0.05) is 42.1 Å². The van der Waals surface area contributed by atoms with Gasteiger partial charge in [-0.15, -0.1) is 0 Å². The van der Waals surface area contributed by atoms with E-state index in [0.717, 1.165) is 22.0 Å². The number of hydrogen-bond donors (Lipinski definition) is 0. The summed E-state index contributed by atoms with van der Waals surface area (Å²) in [6.45, 7) is 6.05. The van der Waals surface area contributed by atoms with Crippen molar-refractivity contribution in [1.82, 2.24) is 9.80 Å². The highest BCUT2D eigenvalue weighted by molar-refractivity contribution is 8.14. The number of thiophene rings is 1. The molecule has 2 saturated heterocycles. The first-order valence-electron chi connectivity index (χ1n) is 10.3. The second-order valence-electron chi connectivity index (χ2n) is 8.44. The Morgan fingerprint density at radius 1 is 1.13 bits per heavy atom. The number of piperidine rings is 1. The third-order valence-corrected chi connectivity index (χ3v) is 7.81. The first-order chi connectivity index (χ1) is 14.5. The van der Waals surface area contributed by atoms with E-state index in [4.69, 9.17) is 4.99 Å². The van der Waals surface area contributed by atoms with Crippen molar-refractivity contribution in [3.8, 4) is 0 Å². The number of carbonyl (C=O) groups is 2. The summed E-state index contributed by atoms with van der Waals surface area (Å²) < 4.78 is 0. The van der Waals surface area contributed by atoms with Gasteiger partial charge >= 0.3 is 0 Å². The third kappa shape index (κ3) is 4.47. The first kappa shape index (κ1) is 21.1. The quantitative estimate of drug-likeness (QED) is 0.701. The molecule has 30 heavy (non-hydrogen) atoms. The molecule has 2 fully saturated rings. The Kier molecular flexibility index (Phi) is 6.29. The Bertz CT molecular complexity index is 917. The van der Waals surface area contributed by atoms with E-state index in [0.29, 0.717) is 32.5 Å². The maximum atomic E-state index is 13.5. The van der Waals surface area contributed by atoms with Crippen molar-refractivity contribution in [2.75, 3.05) is 18.8 Å². The molecule has 0 spiro atoms. The second kappa shape index (κ2) is 8.94. The molecule has 4 rings (SSSR count). The predicted molar refractivity (Wildman–Crippen MR) is 124 cm³/mol. The molecule has 0 aliphatic carbocycles. The van der Waals surface area contributed by atoms with Gasteiger partial charge in [0.05, 0.1) is 17.6 Å². The molecular formula is C23H27N3O2S2. The zero-order chi connectivity index (χ0) is 21.1. The van der Waals surface area contributed by atoms with Crippen molar-refractivity contribution in [3.05, 3.63) is 58.3 Å². The van der Waals surface area contributed by atoms with E-state index in [1.54, 1.807) is 11.8 Å². The highest BCUT2D eigenvalue weighted by Crippen LogP contribution is 2.36. The van der Waals surface area contributed by atoms with Gasteiger partial charge in [-0.25, -0.2) is 0 Å². The lowest BCUT2D eigenvalue weighted by molar-refractivity contribution is -0.135. The summed E-state index contributed by atoms with van der Waals surface area (Å²) in [5.74, 6) is 1.02. The van der Waals surface area contributed by atoms with Crippen molar-refractivity contribution in [3.63, 3.8) is 0 Å². The molecule has 2 aliphatic heterocycles. The molecule has 0 radical (unpaired) electrons. The van der Waals surface area contributed by atoms with Crippen LogP contribution in [0.1, 0.15) is 42.6 Å². The van der Waals surface area contributed by atoms with Gasteiger partial charge < -0.3 is 4.90 Å². The molecule has 1 aromatic carbocycles. The van der Waals surface area contributed by atoms with Crippen LogP contribution < -0.4 is 0 Å². The first-order valence-corrected chi connectivity index (χ1v) is 12.3. The number of amides is 2. The third-order valence-electron chi connectivity index (χ3n) is 5.71. The SMILES string of the molecule is CC1(C)CSC(=NCc2ccccc2)N1C(=O)C1CCN(C(=O)c2ccsc2)CC1. The lowest BCUT2D eigenvalue weighted by Crippen LogP contribution is -2.51. The number of amidine groups is 1. The van der Waals surface area contributed by atoms with Crippen molar-refractivity contribution in [2.45, 2.75) is 38.8 Å². The Morgan fingerprint density at radius 2 is 1.87 bits per heavy atom. The number of rotatable bonds is 4. The van der Waals surface area contributed by atoms with Gasteiger partial charge in [-0.3, -0.25) is 19.5 Å². The molecule has 0 saturated carbocycles. The minimum atomic E-state index is -0.249. The lowest BCUT2D eigenvalue weighted by atomic mass is 9.93. The largest absolute Gasteiger partial charge is 0.339 e. The molecule has 1 aromatic heterocycles. The standard InChI is InChI=1S/C23H27N3O2S2/c1-23(2)16-30-22(24-14-17-6-4-3-5-7-17)26(23)21(28)18-8-11-25(12-9-18)20(27)19-10-13-29-15-19/h3-7,10,13,15,18H,8-9,11-12,14,16H2,1-2H3. The van der Waals surface area contributed by atoms with Crippen molar-refractivity contribution < 1.29 is 9.59 Å². The average molecular weight is 442 g/mol. The van der Waals surface area contributed by atoms with Crippen LogP contribution in [0, 0.1) is 5.92 Å². The maximum absolute atomic E-state index is 13.5. The summed E-state index contributed by atoms with van der Waals surface area (Å²) in [5, 5.41) is 4.64. The molecule has 0 N–H and O–H groups in total. The fraction of sp³-hybridized carbons (Fsp3) is 0.435. The molecule has 2 aromatic rings. The van der Waals surface area contributed by atoms with E-state index in [2.05, 4.69) is 26.0 Å². The van der Waals surface area contributed by atoms with Gasteiger partial charge in [0.15, 0.2) is 5.17 Å². The van der Waals surface area contributed by atoms with E-state index in [-0.39, 0.29) is 23.3 Å². The number of benzene rings is 1. The Morgan fingerprint density at radius 3 is 2.53 bits per heavy atom. The van der Waals surface area contributed by atoms with Crippen LogP contribution in [0.2, 0.25) is 0 Å². The fourth-order valence-electron chi connectivity index (χ4n) is 3.96. The summed E-state index contributed by atoms with van der Waals surface area (Å²) in [6.07, 6.45) is 1.41. The molecule has 158 valence electrons. The summed E-state index contributed by atoms with van der Waals surface area (Å²) in [6, 6.07) is 12.0. The Hall–Kier alpha value is -2.12. The normalized spacial score (nSPS) is 20.7. The zero-order valence-electron chi connectivity index (χ0n) is 17.4. The number of hydrogen-bond acceptors (Lipinski definition) is 5. The zero-order valence-corrected chi connectivity index (χ0v) is 19.0. The highest BCUT2D eigenvalue weighted by Gasteiger charge is 2.44. The van der Waals surface area contributed by atoms with Gasteiger partial charge in [0.2, 0.25) is 5.91 Å². The molecule has 2 aliphatic rings. The Labute approximate surface area is 186 Å². The van der Waals surface area contributed by atoms with Gasteiger partial charge in [-0.2, -0.15) is 11.3 Å². The molecule has 7 heteroatoms. The summed E-state index contributed by atoms with van der Waals surface area (Å²) in [5.41, 5.74) is 1.64.